The normalized spacial score (nSPS) is 12.5. The van der Waals surface area contributed by atoms with Gasteiger partial charge in [0.05, 0.1) is 22.8 Å². The van der Waals surface area contributed by atoms with E-state index in [0.29, 0.717) is 22.2 Å². The van der Waals surface area contributed by atoms with Crippen molar-refractivity contribution in [2.45, 2.75) is 31.6 Å². The third-order valence-corrected chi connectivity index (χ3v) is 4.81. The van der Waals surface area contributed by atoms with Gasteiger partial charge in [0.25, 0.3) is 0 Å². The Balaban J connectivity index is 2.09. The molecule has 0 bridgehead atoms. The van der Waals surface area contributed by atoms with Crippen molar-refractivity contribution in [3.63, 3.8) is 0 Å². The molecule has 0 saturated heterocycles. The quantitative estimate of drug-likeness (QED) is 0.871. The summed E-state index contributed by atoms with van der Waals surface area (Å²) < 4.78 is 29.4. The van der Waals surface area contributed by atoms with Crippen molar-refractivity contribution in [1.82, 2.24) is 4.98 Å². The summed E-state index contributed by atoms with van der Waals surface area (Å²) in [5, 5.41) is 10.2. The molecule has 0 radical (unpaired) electrons. The van der Waals surface area contributed by atoms with E-state index in [4.69, 9.17) is 16.0 Å². The number of aliphatic hydroxyl groups is 1. The lowest BCUT2D eigenvalue weighted by Crippen LogP contribution is -2.24. The Morgan fingerprint density at radius 3 is 2.73 bits per heavy atom. The first-order valence-electron chi connectivity index (χ1n) is 6.78. The van der Waals surface area contributed by atoms with Crippen LogP contribution in [0.5, 0.6) is 0 Å². The van der Waals surface area contributed by atoms with Gasteiger partial charge in [-0.2, -0.15) is 0 Å². The van der Waals surface area contributed by atoms with Gasteiger partial charge in [-0.1, -0.05) is 17.7 Å². The number of nitrogens with zero attached hydrogens (tertiary/aromatic N) is 1. The summed E-state index contributed by atoms with van der Waals surface area (Å²) >= 11 is 5.90. The molecule has 1 aromatic heterocycles. The van der Waals surface area contributed by atoms with Crippen molar-refractivity contribution in [2.24, 2.45) is 0 Å². The minimum Gasteiger partial charge on any atom is -0.444 e. The summed E-state index contributed by atoms with van der Waals surface area (Å²) in [5.41, 5.74) is 0.0152. The van der Waals surface area contributed by atoms with Crippen LogP contribution in [0.25, 0.3) is 11.5 Å². The standard InChI is InChI=1S/C15H18ClNO4S/c1-15(2,18)6-7-22(19,20)10-13-9-21-14(17-13)11-4-3-5-12(16)8-11/h3-5,8-9,18H,6-7,10H2,1-2H3. The molecule has 0 unspecified atom stereocenters. The van der Waals surface area contributed by atoms with Crippen LogP contribution in [0.3, 0.4) is 0 Å². The highest BCUT2D eigenvalue weighted by molar-refractivity contribution is 7.90. The van der Waals surface area contributed by atoms with Crippen molar-refractivity contribution in [3.8, 4) is 11.5 Å². The van der Waals surface area contributed by atoms with Crippen LogP contribution in [0, 0.1) is 0 Å². The average molecular weight is 344 g/mol. The largest absolute Gasteiger partial charge is 0.444 e. The molecule has 120 valence electrons. The molecule has 0 aliphatic carbocycles. The summed E-state index contributed by atoms with van der Waals surface area (Å²) in [6.45, 7) is 3.16. The van der Waals surface area contributed by atoms with E-state index in [1.165, 1.54) is 6.26 Å². The molecule has 22 heavy (non-hydrogen) atoms. The first-order chi connectivity index (χ1) is 10.1. The van der Waals surface area contributed by atoms with E-state index in [1.807, 2.05) is 0 Å². The Morgan fingerprint density at radius 2 is 2.09 bits per heavy atom. The minimum atomic E-state index is -3.35. The molecule has 0 fully saturated rings. The van der Waals surface area contributed by atoms with Gasteiger partial charge in [-0.05, 0) is 38.5 Å². The first-order valence-corrected chi connectivity index (χ1v) is 8.98. The van der Waals surface area contributed by atoms with Gasteiger partial charge in [0.1, 0.15) is 6.26 Å². The fourth-order valence-electron chi connectivity index (χ4n) is 1.83. The second-order valence-corrected chi connectivity index (χ2v) is 8.43. The number of hydrogen-bond donors (Lipinski definition) is 1. The number of hydrogen-bond acceptors (Lipinski definition) is 5. The van der Waals surface area contributed by atoms with Crippen LogP contribution in [0.4, 0.5) is 0 Å². The van der Waals surface area contributed by atoms with E-state index in [9.17, 15) is 13.5 Å². The van der Waals surface area contributed by atoms with Crippen molar-refractivity contribution < 1.29 is 17.9 Å². The molecule has 5 nitrogen and oxygen atoms in total. The molecular weight excluding hydrogens is 326 g/mol. The van der Waals surface area contributed by atoms with Crippen LogP contribution < -0.4 is 0 Å². The molecule has 0 atom stereocenters. The van der Waals surface area contributed by atoms with Crippen molar-refractivity contribution in [3.05, 3.63) is 41.2 Å². The number of sulfone groups is 1. The van der Waals surface area contributed by atoms with E-state index < -0.39 is 15.4 Å². The number of oxazole rings is 1. The van der Waals surface area contributed by atoms with Crippen molar-refractivity contribution in [2.75, 3.05) is 5.75 Å². The van der Waals surface area contributed by atoms with Gasteiger partial charge in [-0.15, -0.1) is 0 Å². The summed E-state index contributed by atoms with van der Waals surface area (Å²) in [5.74, 6) is 0.0124. The number of aromatic nitrogens is 1. The van der Waals surface area contributed by atoms with Crippen molar-refractivity contribution in [1.29, 1.82) is 0 Å². The molecule has 2 rings (SSSR count). The molecule has 7 heteroatoms. The van der Waals surface area contributed by atoms with E-state index in [1.54, 1.807) is 38.1 Å². The lowest BCUT2D eigenvalue weighted by molar-refractivity contribution is 0.0772. The third-order valence-electron chi connectivity index (χ3n) is 3.02. The molecule has 0 aliphatic heterocycles. The lowest BCUT2D eigenvalue weighted by Gasteiger charge is -2.16. The second kappa shape index (κ2) is 6.40. The van der Waals surface area contributed by atoms with E-state index in [2.05, 4.69) is 4.98 Å². The summed E-state index contributed by atoms with van der Waals surface area (Å²) in [6.07, 6.45) is 1.51. The fraction of sp³-hybridized carbons (Fsp3) is 0.400. The van der Waals surface area contributed by atoms with Gasteiger partial charge in [0, 0.05) is 10.6 Å². The predicted octanol–water partition coefficient (Wildman–Crippen LogP) is 3.07. The Kier molecular flexibility index (Phi) is 4.94. The fourth-order valence-corrected chi connectivity index (χ4v) is 3.56. The molecule has 1 N–H and O–H groups in total. The highest BCUT2D eigenvalue weighted by Crippen LogP contribution is 2.23. The average Bonchev–Trinajstić information content (AvgIpc) is 2.84. The van der Waals surface area contributed by atoms with Crippen LogP contribution in [-0.2, 0) is 15.6 Å². The zero-order valence-corrected chi connectivity index (χ0v) is 14.0. The monoisotopic (exact) mass is 343 g/mol. The van der Waals surface area contributed by atoms with Crippen molar-refractivity contribution >= 4 is 21.4 Å². The van der Waals surface area contributed by atoms with Gasteiger partial charge >= 0.3 is 0 Å². The summed E-state index contributed by atoms with van der Waals surface area (Å²) in [6, 6.07) is 6.97. The lowest BCUT2D eigenvalue weighted by atomic mass is 10.1. The number of benzene rings is 1. The van der Waals surface area contributed by atoms with Gasteiger partial charge in [0.15, 0.2) is 9.84 Å². The molecular formula is C15H18ClNO4S. The maximum Gasteiger partial charge on any atom is 0.226 e. The molecule has 2 aromatic rings. The van der Waals surface area contributed by atoms with Crippen LogP contribution >= 0.6 is 11.6 Å². The van der Waals surface area contributed by atoms with Crippen LogP contribution in [0.1, 0.15) is 26.0 Å². The second-order valence-electron chi connectivity index (χ2n) is 5.81. The first kappa shape index (κ1) is 17.0. The molecule has 0 spiro atoms. The van der Waals surface area contributed by atoms with Gasteiger partial charge in [-0.25, -0.2) is 13.4 Å². The van der Waals surface area contributed by atoms with E-state index >= 15 is 0 Å². The van der Waals surface area contributed by atoms with Gasteiger partial charge < -0.3 is 9.52 Å². The van der Waals surface area contributed by atoms with E-state index in [0.717, 1.165) is 0 Å². The maximum atomic E-state index is 12.0. The van der Waals surface area contributed by atoms with Crippen LogP contribution in [0.2, 0.25) is 5.02 Å². The highest BCUT2D eigenvalue weighted by atomic mass is 35.5. The smallest absolute Gasteiger partial charge is 0.226 e. The highest BCUT2D eigenvalue weighted by Gasteiger charge is 2.21. The maximum absolute atomic E-state index is 12.0. The minimum absolute atomic E-state index is 0.101. The SMILES string of the molecule is CC(C)(O)CCS(=O)(=O)Cc1coc(-c2cccc(Cl)c2)n1. The summed E-state index contributed by atoms with van der Waals surface area (Å²) in [7, 11) is -3.35. The third kappa shape index (κ3) is 5.12. The van der Waals surface area contributed by atoms with E-state index in [-0.39, 0.29) is 17.9 Å². The van der Waals surface area contributed by atoms with Gasteiger partial charge in [0.2, 0.25) is 5.89 Å². The van der Waals surface area contributed by atoms with Gasteiger partial charge in [-0.3, -0.25) is 0 Å². The summed E-state index contributed by atoms with van der Waals surface area (Å²) in [4.78, 5) is 4.18. The van der Waals surface area contributed by atoms with Crippen LogP contribution in [-0.4, -0.2) is 29.9 Å². The number of rotatable bonds is 6. The Bertz CT molecular complexity index is 747. The Labute approximate surface area is 134 Å². The van der Waals surface area contributed by atoms with Crippen LogP contribution in [0.15, 0.2) is 34.9 Å². The molecule has 0 amide bonds. The Hall–Kier alpha value is -1.37. The molecule has 0 aliphatic rings. The molecule has 1 heterocycles. The number of halogens is 1. The zero-order chi connectivity index (χ0) is 16.4. The zero-order valence-electron chi connectivity index (χ0n) is 12.4. The molecule has 1 aromatic carbocycles. The topological polar surface area (TPSA) is 80.4 Å². The Morgan fingerprint density at radius 1 is 1.36 bits per heavy atom. The molecule has 0 saturated carbocycles. The predicted molar refractivity (Wildman–Crippen MR) is 85.4 cm³/mol.